The normalized spacial score (nSPS) is 11.4. The molecule has 0 saturated carbocycles. The van der Waals surface area contributed by atoms with E-state index in [4.69, 9.17) is 75.8 Å². The minimum atomic E-state index is -1.71. The Morgan fingerprint density at radius 1 is 0.312 bits per heavy atom. The molecule has 0 N–H and O–H groups in total. The van der Waals surface area contributed by atoms with Crippen molar-refractivity contribution >= 4 is 23.9 Å². The largest absolute Gasteiger partial charge is 0.493 e. The highest BCUT2D eigenvalue weighted by Gasteiger charge is 2.35. The van der Waals surface area contributed by atoms with Gasteiger partial charge >= 0.3 is 23.9 Å². The summed E-state index contributed by atoms with van der Waals surface area (Å²) in [5, 5.41) is 0. The van der Waals surface area contributed by atoms with Gasteiger partial charge in [-0.1, -0.05) is 0 Å². The number of benzene rings is 4. The van der Waals surface area contributed by atoms with Gasteiger partial charge in [-0.25, -0.2) is 19.2 Å². The molecule has 64 heavy (non-hydrogen) atoms. The highest BCUT2D eigenvalue weighted by atomic mass is 16.6. The summed E-state index contributed by atoms with van der Waals surface area (Å²) in [4.78, 5) is 55.7. The maximum Gasteiger partial charge on any atom is 0.338 e. The fourth-order valence-corrected chi connectivity index (χ4v) is 6.12. The van der Waals surface area contributed by atoms with Crippen LogP contribution in [0.1, 0.15) is 41.4 Å². The number of methoxy groups -OCH3 is 12. The number of esters is 4. The van der Waals surface area contributed by atoms with E-state index in [1.54, 1.807) is 0 Å². The van der Waals surface area contributed by atoms with Gasteiger partial charge in [0.25, 0.3) is 0 Å². The summed E-state index contributed by atoms with van der Waals surface area (Å²) in [5.41, 5.74) is -0.382. The minimum Gasteiger partial charge on any atom is -0.493 e. The lowest BCUT2D eigenvalue weighted by molar-refractivity contribution is -0.0753. The van der Waals surface area contributed by atoms with Gasteiger partial charge in [0.1, 0.15) is 13.2 Å². The van der Waals surface area contributed by atoms with Crippen LogP contribution >= 0.6 is 0 Å². The van der Waals surface area contributed by atoms with Crippen molar-refractivity contribution in [2.75, 3.05) is 98.5 Å². The molecule has 346 valence electrons. The van der Waals surface area contributed by atoms with E-state index in [0.717, 1.165) is 0 Å². The van der Waals surface area contributed by atoms with E-state index < -0.39 is 49.3 Å². The molecule has 0 aliphatic heterocycles. The van der Waals surface area contributed by atoms with Crippen molar-refractivity contribution in [2.24, 2.45) is 0 Å². The molecule has 0 saturated heterocycles. The molecule has 0 unspecified atom stereocenters. The third kappa shape index (κ3) is 11.0. The van der Waals surface area contributed by atoms with E-state index in [9.17, 15) is 19.2 Å². The first-order valence-electron chi connectivity index (χ1n) is 18.8. The summed E-state index contributed by atoms with van der Waals surface area (Å²) in [7, 11) is 16.4. The molecule has 0 aliphatic rings. The average Bonchev–Trinajstić information content (AvgIpc) is 3.33. The summed E-state index contributed by atoms with van der Waals surface area (Å²) >= 11 is 0. The molecule has 0 aromatic heterocycles. The van der Waals surface area contributed by atoms with Crippen molar-refractivity contribution in [1.29, 1.82) is 0 Å². The van der Waals surface area contributed by atoms with Crippen molar-refractivity contribution in [2.45, 2.75) is 12.2 Å². The van der Waals surface area contributed by atoms with Crippen LogP contribution < -0.4 is 56.8 Å². The molecule has 0 radical (unpaired) electrons. The van der Waals surface area contributed by atoms with Crippen LogP contribution in [-0.4, -0.2) is 135 Å². The van der Waals surface area contributed by atoms with Crippen LogP contribution in [0.5, 0.6) is 69.0 Å². The third-order valence-electron chi connectivity index (χ3n) is 9.29. The van der Waals surface area contributed by atoms with Crippen molar-refractivity contribution in [3.8, 4) is 69.0 Å². The number of hydrogen-bond acceptors (Lipinski definition) is 20. The zero-order valence-corrected chi connectivity index (χ0v) is 37.4. The summed E-state index contributed by atoms with van der Waals surface area (Å²) in [5.74, 6) is -2.32. The standard InChI is InChI=1S/C44H50O20/c1-49-27-13-23(14-28(50-2)37(27)57-9)41(45)61-21-35(63-43(47)25-17-31(53-5)39(59-11)32(18-25)54-6)36(64-44(48)26-19-33(55-7)40(60-12)34(20-26)56-8)22-62-42(46)24-15-29(51-3)38(58-10)30(16-24)52-4/h13-20,35-36H,21-22H2,1-12H3/t35-,36+. The highest BCUT2D eigenvalue weighted by Crippen LogP contribution is 2.42. The lowest BCUT2D eigenvalue weighted by Gasteiger charge is -2.27. The van der Waals surface area contributed by atoms with Gasteiger partial charge in [0.05, 0.1) is 108 Å². The molecular weight excluding hydrogens is 848 g/mol. The molecule has 0 aliphatic carbocycles. The summed E-state index contributed by atoms with van der Waals surface area (Å²) in [6, 6.07) is 10.6. The van der Waals surface area contributed by atoms with E-state index in [2.05, 4.69) is 0 Å². The fraction of sp³-hybridized carbons (Fsp3) is 0.364. The van der Waals surface area contributed by atoms with Crippen LogP contribution in [0.2, 0.25) is 0 Å². The summed E-state index contributed by atoms with van der Waals surface area (Å²) in [6.45, 7) is -1.58. The molecule has 4 aromatic carbocycles. The van der Waals surface area contributed by atoms with Gasteiger partial charge in [-0.2, -0.15) is 0 Å². The Balaban J connectivity index is 1.85. The predicted molar refractivity (Wildman–Crippen MR) is 223 cm³/mol. The molecule has 20 heteroatoms. The Morgan fingerprint density at radius 3 is 0.672 bits per heavy atom. The van der Waals surface area contributed by atoms with E-state index in [1.165, 1.54) is 134 Å². The molecule has 4 rings (SSSR count). The Bertz CT molecular complexity index is 2030. The Labute approximate surface area is 368 Å². The highest BCUT2D eigenvalue weighted by molar-refractivity contribution is 5.94. The van der Waals surface area contributed by atoms with E-state index in [1.807, 2.05) is 0 Å². The summed E-state index contributed by atoms with van der Waals surface area (Å²) in [6.07, 6.45) is -3.42. The molecule has 2 atom stereocenters. The lowest BCUT2D eigenvalue weighted by atomic mass is 10.1. The van der Waals surface area contributed by atoms with Crippen LogP contribution in [0, 0.1) is 0 Å². The molecule has 0 heterocycles. The zero-order valence-electron chi connectivity index (χ0n) is 37.4. The minimum absolute atomic E-state index is 0.0657. The van der Waals surface area contributed by atoms with Gasteiger partial charge in [-0.3, -0.25) is 0 Å². The van der Waals surface area contributed by atoms with Crippen molar-refractivity contribution in [3.05, 3.63) is 70.8 Å². The number of ether oxygens (including phenoxy) is 16. The van der Waals surface area contributed by atoms with Gasteiger partial charge < -0.3 is 75.8 Å². The molecule has 0 amide bonds. The maximum atomic E-state index is 14.1. The van der Waals surface area contributed by atoms with Crippen LogP contribution in [0.25, 0.3) is 0 Å². The fourth-order valence-electron chi connectivity index (χ4n) is 6.12. The van der Waals surface area contributed by atoms with Crippen molar-refractivity contribution < 1.29 is 95.0 Å². The quantitative estimate of drug-likeness (QED) is 0.0686. The average molecular weight is 899 g/mol. The number of hydrogen-bond donors (Lipinski definition) is 0. The first kappa shape index (κ1) is 49.0. The van der Waals surface area contributed by atoms with Crippen LogP contribution in [0.3, 0.4) is 0 Å². The molecule has 0 spiro atoms. The second kappa shape index (κ2) is 23.0. The van der Waals surface area contributed by atoms with E-state index in [0.29, 0.717) is 0 Å². The smallest absolute Gasteiger partial charge is 0.338 e. The summed E-state index contributed by atoms with van der Waals surface area (Å²) < 4.78 is 88.1. The first-order valence-corrected chi connectivity index (χ1v) is 18.8. The van der Waals surface area contributed by atoms with Gasteiger partial charge in [-0.15, -0.1) is 0 Å². The van der Waals surface area contributed by atoms with Crippen LogP contribution in [-0.2, 0) is 18.9 Å². The number of rotatable bonds is 23. The van der Waals surface area contributed by atoms with Gasteiger partial charge in [0, 0.05) is 0 Å². The Hall–Kier alpha value is -7.64. The topological polar surface area (TPSA) is 216 Å². The van der Waals surface area contributed by atoms with Crippen LogP contribution in [0.15, 0.2) is 48.5 Å². The van der Waals surface area contributed by atoms with Crippen molar-refractivity contribution in [1.82, 2.24) is 0 Å². The second-order valence-electron chi connectivity index (χ2n) is 12.7. The number of carbonyl (C=O) groups is 4. The van der Waals surface area contributed by atoms with E-state index in [-0.39, 0.29) is 91.2 Å². The molecule has 0 bridgehead atoms. The maximum absolute atomic E-state index is 14.1. The van der Waals surface area contributed by atoms with Crippen LogP contribution in [0.4, 0.5) is 0 Å². The second-order valence-corrected chi connectivity index (χ2v) is 12.7. The van der Waals surface area contributed by atoms with Gasteiger partial charge in [0.2, 0.25) is 23.0 Å². The third-order valence-corrected chi connectivity index (χ3v) is 9.29. The predicted octanol–water partition coefficient (Wildman–Crippen LogP) is 5.25. The van der Waals surface area contributed by atoms with Gasteiger partial charge in [0.15, 0.2) is 58.2 Å². The first-order chi connectivity index (χ1) is 30.8. The molecule has 20 nitrogen and oxygen atoms in total. The molecule has 4 aromatic rings. The Kier molecular flexibility index (Phi) is 17.6. The SMILES string of the molecule is COc1cc(C(=O)OC[C@H](OC(=O)c2cc(OC)c(OC)c(OC)c2)[C@@H](COC(=O)c2cc(OC)c(OC)c(OC)c2)OC(=O)c2cc(OC)c(OC)c(OC)c2)cc(OC)c1OC. The van der Waals surface area contributed by atoms with Crippen molar-refractivity contribution in [3.63, 3.8) is 0 Å². The Morgan fingerprint density at radius 2 is 0.500 bits per heavy atom. The monoisotopic (exact) mass is 898 g/mol. The van der Waals surface area contributed by atoms with Gasteiger partial charge in [-0.05, 0) is 48.5 Å². The lowest BCUT2D eigenvalue weighted by Crippen LogP contribution is -2.42. The number of carbonyl (C=O) groups excluding carboxylic acids is 4. The molecule has 0 fully saturated rings. The van der Waals surface area contributed by atoms with E-state index >= 15 is 0 Å². The molecular formula is C44H50O20. The zero-order chi connectivity index (χ0) is 47.1.